The molecule has 0 spiro atoms. The molecule has 1 aromatic carbocycles. The van der Waals surface area contributed by atoms with Crippen molar-refractivity contribution in [2.45, 2.75) is 6.54 Å². The predicted molar refractivity (Wildman–Crippen MR) is 42.2 cm³/mol. The lowest BCUT2D eigenvalue weighted by Gasteiger charge is -2.15. The Morgan fingerprint density at radius 1 is 1.36 bits per heavy atom. The molecule has 1 aromatic rings. The first kappa shape index (κ1) is 6.34. The van der Waals surface area contributed by atoms with Crippen LogP contribution in [0.1, 0.15) is 5.56 Å². The molecule has 0 aliphatic carbocycles. The second-order valence-electron chi connectivity index (χ2n) is 2.40. The molecule has 0 fully saturated rings. The largest absolute Gasteiger partial charge is 0.268 e. The van der Waals surface area contributed by atoms with Gasteiger partial charge in [0.15, 0.2) is 0 Å². The highest BCUT2D eigenvalue weighted by molar-refractivity contribution is 5.79. The molecule has 2 rings (SSSR count). The molecule has 1 heterocycles. The van der Waals surface area contributed by atoms with Gasteiger partial charge in [-0.25, -0.2) is 0 Å². The van der Waals surface area contributed by atoms with Crippen molar-refractivity contribution in [1.29, 1.82) is 0 Å². The molecule has 3 heteroatoms. The lowest BCUT2D eigenvalue weighted by Crippen LogP contribution is -2.14. The standard InChI is InChI=1S/C8H7FN2/c9-11-6-10-5-7-3-1-2-4-8(7)11/h1-4,6H,5H2. The second-order valence-corrected chi connectivity index (χ2v) is 2.40. The van der Waals surface area contributed by atoms with Crippen molar-refractivity contribution >= 4 is 12.0 Å². The summed E-state index contributed by atoms with van der Waals surface area (Å²) in [6.07, 6.45) is 1.20. The molecule has 0 saturated carbocycles. The zero-order chi connectivity index (χ0) is 7.68. The number of para-hydroxylation sites is 1. The van der Waals surface area contributed by atoms with E-state index in [1.165, 1.54) is 6.34 Å². The Morgan fingerprint density at radius 2 is 2.18 bits per heavy atom. The molecule has 0 amide bonds. The van der Waals surface area contributed by atoms with Crippen LogP contribution in [0, 0.1) is 0 Å². The minimum absolute atomic E-state index is 0.541. The third kappa shape index (κ3) is 0.981. The smallest absolute Gasteiger partial charge is 0.121 e. The molecule has 0 atom stereocenters. The quantitative estimate of drug-likeness (QED) is 0.516. The molecule has 1 aliphatic heterocycles. The summed E-state index contributed by atoms with van der Waals surface area (Å²) in [6, 6.07) is 7.30. The van der Waals surface area contributed by atoms with E-state index in [0.717, 1.165) is 5.56 Å². The van der Waals surface area contributed by atoms with Crippen LogP contribution in [0.2, 0.25) is 0 Å². The topological polar surface area (TPSA) is 15.6 Å². The van der Waals surface area contributed by atoms with Gasteiger partial charge in [0.2, 0.25) is 0 Å². The van der Waals surface area contributed by atoms with Gasteiger partial charge in [0, 0.05) is 5.56 Å². The molecule has 0 radical (unpaired) electrons. The van der Waals surface area contributed by atoms with Gasteiger partial charge in [-0.1, -0.05) is 22.7 Å². The molecule has 0 unspecified atom stereocenters. The Balaban J connectivity index is 2.50. The van der Waals surface area contributed by atoms with Crippen molar-refractivity contribution in [2.24, 2.45) is 4.99 Å². The summed E-state index contributed by atoms with van der Waals surface area (Å²) in [5.74, 6) is 0. The first-order chi connectivity index (χ1) is 5.38. The van der Waals surface area contributed by atoms with Crippen LogP contribution in [0.3, 0.4) is 0 Å². The third-order valence-electron chi connectivity index (χ3n) is 1.67. The first-order valence-electron chi connectivity index (χ1n) is 3.41. The fourth-order valence-corrected chi connectivity index (χ4v) is 1.13. The Morgan fingerprint density at radius 3 is 3.00 bits per heavy atom. The van der Waals surface area contributed by atoms with E-state index in [0.29, 0.717) is 17.4 Å². The molecule has 11 heavy (non-hydrogen) atoms. The normalized spacial score (nSPS) is 14.8. The van der Waals surface area contributed by atoms with Crippen molar-refractivity contribution in [3.8, 4) is 0 Å². The molecular weight excluding hydrogens is 143 g/mol. The van der Waals surface area contributed by atoms with E-state index in [1.807, 2.05) is 18.2 Å². The number of rotatable bonds is 0. The summed E-state index contributed by atoms with van der Waals surface area (Å²) >= 11 is 0. The maximum atomic E-state index is 12.9. The van der Waals surface area contributed by atoms with Crippen LogP contribution in [0.4, 0.5) is 10.2 Å². The van der Waals surface area contributed by atoms with Crippen LogP contribution in [0.5, 0.6) is 0 Å². The average Bonchev–Trinajstić information content (AvgIpc) is 2.06. The molecule has 1 aliphatic rings. The molecule has 2 nitrogen and oxygen atoms in total. The predicted octanol–water partition coefficient (Wildman–Crippen LogP) is 1.92. The minimum atomic E-state index is 0.541. The number of aliphatic imine (C=N–C) groups is 1. The van der Waals surface area contributed by atoms with Crippen LogP contribution in [-0.4, -0.2) is 6.34 Å². The Hall–Kier alpha value is -1.38. The maximum Gasteiger partial charge on any atom is 0.121 e. The van der Waals surface area contributed by atoms with Gasteiger partial charge in [0.25, 0.3) is 0 Å². The number of nitrogens with zero attached hydrogens (tertiary/aromatic N) is 2. The SMILES string of the molecule is FN1C=NCc2ccccc21. The van der Waals surface area contributed by atoms with Gasteiger partial charge in [-0.2, -0.15) is 5.12 Å². The first-order valence-corrected chi connectivity index (χ1v) is 3.41. The van der Waals surface area contributed by atoms with Gasteiger partial charge in [-0.05, 0) is 6.07 Å². The third-order valence-corrected chi connectivity index (χ3v) is 1.67. The van der Waals surface area contributed by atoms with Gasteiger partial charge in [-0.3, -0.25) is 4.99 Å². The molecule has 0 bridgehead atoms. The van der Waals surface area contributed by atoms with Crippen molar-refractivity contribution in [1.82, 2.24) is 0 Å². The summed E-state index contributed by atoms with van der Waals surface area (Å²) in [6.45, 7) is 0.580. The van der Waals surface area contributed by atoms with E-state index < -0.39 is 0 Å². The molecule has 0 N–H and O–H groups in total. The zero-order valence-corrected chi connectivity index (χ0v) is 5.87. The van der Waals surface area contributed by atoms with E-state index in [-0.39, 0.29) is 0 Å². The summed E-state index contributed by atoms with van der Waals surface area (Å²) in [4.78, 5) is 3.83. The number of halogens is 1. The summed E-state index contributed by atoms with van der Waals surface area (Å²) in [5.41, 5.74) is 1.53. The maximum absolute atomic E-state index is 12.9. The van der Waals surface area contributed by atoms with Gasteiger partial charge < -0.3 is 0 Å². The monoisotopic (exact) mass is 150 g/mol. The Kier molecular flexibility index (Phi) is 1.35. The number of hydrogen-bond acceptors (Lipinski definition) is 2. The fourth-order valence-electron chi connectivity index (χ4n) is 1.13. The van der Waals surface area contributed by atoms with Crippen LogP contribution in [-0.2, 0) is 6.54 Å². The van der Waals surface area contributed by atoms with Crippen LogP contribution in [0.25, 0.3) is 0 Å². The molecule has 0 saturated heterocycles. The van der Waals surface area contributed by atoms with Crippen molar-refractivity contribution in [3.05, 3.63) is 29.8 Å². The number of fused-ring (bicyclic) bond motifs is 1. The van der Waals surface area contributed by atoms with Gasteiger partial charge in [0.05, 0.1) is 12.2 Å². The number of anilines is 1. The Labute approximate surface area is 63.9 Å². The summed E-state index contributed by atoms with van der Waals surface area (Å²) < 4.78 is 12.9. The van der Waals surface area contributed by atoms with Crippen molar-refractivity contribution in [2.75, 3.05) is 5.12 Å². The molecular formula is C8H7FN2. The highest BCUT2D eigenvalue weighted by Crippen LogP contribution is 2.22. The molecule has 56 valence electrons. The molecule has 0 aromatic heterocycles. The second kappa shape index (κ2) is 2.34. The van der Waals surface area contributed by atoms with E-state index >= 15 is 0 Å². The fraction of sp³-hybridized carbons (Fsp3) is 0.125. The van der Waals surface area contributed by atoms with Gasteiger partial charge in [0.1, 0.15) is 6.34 Å². The Bertz CT molecular complexity index is 296. The van der Waals surface area contributed by atoms with E-state index in [2.05, 4.69) is 4.99 Å². The van der Waals surface area contributed by atoms with E-state index in [1.54, 1.807) is 6.07 Å². The lowest BCUT2D eigenvalue weighted by atomic mass is 10.1. The van der Waals surface area contributed by atoms with Crippen molar-refractivity contribution < 1.29 is 4.48 Å². The number of hydrogen-bond donors (Lipinski definition) is 0. The highest BCUT2D eigenvalue weighted by atomic mass is 19.2. The minimum Gasteiger partial charge on any atom is -0.268 e. The van der Waals surface area contributed by atoms with E-state index in [9.17, 15) is 4.48 Å². The highest BCUT2D eigenvalue weighted by Gasteiger charge is 2.10. The van der Waals surface area contributed by atoms with E-state index in [4.69, 9.17) is 0 Å². The van der Waals surface area contributed by atoms with Gasteiger partial charge in [-0.15, -0.1) is 0 Å². The van der Waals surface area contributed by atoms with Crippen LogP contribution in [0.15, 0.2) is 29.3 Å². The van der Waals surface area contributed by atoms with Crippen LogP contribution < -0.4 is 5.12 Å². The number of benzene rings is 1. The summed E-state index contributed by atoms with van der Waals surface area (Å²) in [7, 11) is 0. The summed E-state index contributed by atoms with van der Waals surface area (Å²) in [5, 5.41) is 0.541. The lowest BCUT2D eigenvalue weighted by molar-refractivity contribution is 0.520. The zero-order valence-electron chi connectivity index (χ0n) is 5.87. The van der Waals surface area contributed by atoms with Crippen LogP contribution >= 0.6 is 0 Å². The average molecular weight is 150 g/mol. The van der Waals surface area contributed by atoms with Gasteiger partial charge >= 0.3 is 0 Å². The van der Waals surface area contributed by atoms with Crippen molar-refractivity contribution in [3.63, 3.8) is 0 Å².